The van der Waals surface area contributed by atoms with Crippen LogP contribution in [0.4, 0.5) is 5.13 Å². The molecule has 1 unspecified atom stereocenters. The van der Waals surface area contributed by atoms with Gasteiger partial charge in [-0.3, -0.25) is 14.5 Å². The van der Waals surface area contributed by atoms with E-state index in [4.69, 9.17) is 9.47 Å². The first kappa shape index (κ1) is 22.2. The van der Waals surface area contributed by atoms with Gasteiger partial charge in [0, 0.05) is 5.56 Å². The van der Waals surface area contributed by atoms with Crippen molar-refractivity contribution in [1.82, 2.24) is 10.2 Å². The van der Waals surface area contributed by atoms with E-state index in [9.17, 15) is 19.5 Å². The molecule has 168 valence electrons. The number of esters is 1. The molecule has 0 radical (unpaired) electrons. The molecule has 1 aliphatic heterocycles. The zero-order valence-electron chi connectivity index (χ0n) is 17.9. The van der Waals surface area contributed by atoms with Gasteiger partial charge in [0.25, 0.3) is 5.91 Å². The van der Waals surface area contributed by atoms with E-state index in [1.165, 1.54) is 31.3 Å². The third-order valence-corrected chi connectivity index (χ3v) is 6.01. The van der Waals surface area contributed by atoms with Crippen molar-refractivity contribution in [2.45, 2.75) is 13.0 Å². The van der Waals surface area contributed by atoms with Crippen molar-refractivity contribution in [3.63, 3.8) is 0 Å². The highest BCUT2D eigenvalue weighted by molar-refractivity contribution is 7.15. The summed E-state index contributed by atoms with van der Waals surface area (Å²) in [5.41, 5.74) is 0.991. The zero-order chi connectivity index (χ0) is 23.7. The van der Waals surface area contributed by atoms with Crippen LogP contribution < -0.4 is 9.64 Å². The van der Waals surface area contributed by atoms with Gasteiger partial charge in [-0.05, 0) is 48.9 Å². The van der Waals surface area contributed by atoms with E-state index in [2.05, 4.69) is 10.2 Å². The van der Waals surface area contributed by atoms with E-state index in [1.54, 1.807) is 43.3 Å². The quantitative estimate of drug-likeness (QED) is 0.434. The van der Waals surface area contributed by atoms with Crippen LogP contribution in [0.15, 0.2) is 59.9 Å². The minimum Gasteiger partial charge on any atom is -0.503 e. The molecule has 1 N–H and O–H groups in total. The smallest absolute Gasteiger partial charge is 0.337 e. The van der Waals surface area contributed by atoms with Crippen LogP contribution in [0, 0.1) is 6.92 Å². The minimum absolute atomic E-state index is 0.0937. The standard InChI is InChI=1S/C23H19N3O6S/c1-12-24-25-23(33-12)26-18(13-4-6-15(7-5-13)22(30)32-3)17(20(28)21(26)29)19(27)14-8-10-16(31-2)11-9-14/h4-11,18,28H,1-3H3. The second kappa shape index (κ2) is 8.83. The van der Waals surface area contributed by atoms with Gasteiger partial charge in [0.15, 0.2) is 11.5 Å². The van der Waals surface area contributed by atoms with E-state index < -0.39 is 29.5 Å². The van der Waals surface area contributed by atoms with Crippen molar-refractivity contribution in [3.8, 4) is 5.75 Å². The highest BCUT2D eigenvalue weighted by Gasteiger charge is 2.46. The fourth-order valence-electron chi connectivity index (χ4n) is 3.55. The van der Waals surface area contributed by atoms with Crippen LogP contribution in [0.1, 0.15) is 37.3 Å². The third kappa shape index (κ3) is 3.96. The molecule has 9 nitrogen and oxygen atoms in total. The Labute approximate surface area is 192 Å². The lowest BCUT2D eigenvalue weighted by Gasteiger charge is -2.24. The van der Waals surface area contributed by atoms with Gasteiger partial charge >= 0.3 is 5.97 Å². The van der Waals surface area contributed by atoms with Crippen molar-refractivity contribution in [2.24, 2.45) is 0 Å². The molecule has 0 fully saturated rings. The van der Waals surface area contributed by atoms with Crippen molar-refractivity contribution in [2.75, 3.05) is 19.1 Å². The van der Waals surface area contributed by atoms with Crippen LogP contribution in [0.25, 0.3) is 0 Å². The number of anilines is 1. The lowest BCUT2D eigenvalue weighted by Crippen LogP contribution is -2.31. The molecule has 0 saturated heterocycles. The van der Waals surface area contributed by atoms with Crippen LogP contribution in [0.5, 0.6) is 5.75 Å². The first-order valence-electron chi connectivity index (χ1n) is 9.79. The van der Waals surface area contributed by atoms with Crippen molar-refractivity contribution in [3.05, 3.63) is 81.6 Å². The maximum Gasteiger partial charge on any atom is 0.337 e. The molecule has 10 heteroatoms. The SMILES string of the molecule is COC(=O)c1ccc(C2C(C(=O)c3ccc(OC)cc3)=C(O)C(=O)N2c2nnc(C)s2)cc1. The van der Waals surface area contributed by atoms with Crippen LogP contribution in [0.2, 0.25) is 0 Å². The maximum absolute atomic E-state index is 13.4. The van der Waals surface area contributed by atoms with Gasteiger partial charge < -0.3 is 14.6 Å². The first-order chi connectivity index (χ1) is 15.8. The Balaban J connectivity index is 1.82. The molecule has 0 saturated carbocycles. The van der Waals surface area contributed by atoms with Gasteiger partial charge in [-0.25, -0.2) is 4.79 Å². The maximum atomic E-state index is 13.4. The van der Waals surface area contributed by atoms with Gasteiger partial charge in [0.05, 0.1) is 31.4 Å². The molecule has 2 aromatic carbocycles. The number of aryl methyl sites for hydroxylation is 1. The van der Waals surface area contributed by atoms with Crippen molar-refractivity contribution < 1.29 is 29.0 Å². The monoisotopic (exact) mass is 465 g/mol. The summed E-state index contributed by atoms with van der Waals surface area (Å²) in [6.45, 7) is 1.73. The third-order valence-electron chi connectivity index (χ3n) is 5.17. The molecule has 4 rings (SSSR count). The number of hydrogen-bond donors (Lipinski definition) is 1. The Bertz CT molecular complexity index is 1260. The molecule has 0 aliphatic carbocycles. The molecule has 0 bridgehead atoms. The Kier molecular flexibility index (Phi) is 5.93. The molecule has 1 aromatic heterocycles. The largest absolute Gasteiger partial charge is 0.503 e. The zero-order valence-corrected chi connectivity index (χ0v) is 18.8. The van der Waals surface area contributed by atoms with Gasteiger partial charge in [0.1, 0.15) is 10.8 Å². The Morgan fingerprint density at radius 3 is 2.18 bits per heavy atom. The van der Waals surface area contributed by atoms with Crippen molar-refractivity contribution in [1.29, 1.82) is 0 Å². The number of methoxy groups -OCH3 is 2. The Morgan fingerprint density at radius 2 is 1.64 bits per heavy atom. The number of benzene rings is 2. The number of hydrogen-bond acceptors (Lipinski definition) is 9. The number of Topliss-reactive ketones (excluding diaryl/α,β-unsaturated/α-hetero) is 1. The summed E-state index contributed by atoms with van der Waals surface area (Å²) in [5.74, 6) is -1.90. The average Bonchev–Trinajstić information content (AvgIpc) is 3.38. The summed E-state index contributed by atoms with van der Waals surface area (Å²) in [7, 11) is 2.79. The van der Waals surface area contributed by atoms with E-state index >= 15 is 0 Å². The van der Waals surface area contributed by atoms with Gasteiger partial charge in [-0.2, -0.15) is 0 Å². The number of aliphatic hydroxyl groups excluding tert-OH is 1. The predicted octanol–water partition coefficient (Wildman–Crippen LogP) is 3.42. The molecule has 1 amide bonds. The van der Waals surface area contributed by atoms with E-state index in [0.29, 0.717) is 21.9 Å². The summed E-state index contributed by atoms with van der Waals surface area (Å²) >= 11 is 1.16. The molecule has 3 aromatic rings. The van der Waals surface area contributed by atoms with E-state index in [1.807, 2.05) is 0 Å². The van der Waals surface area contributed by atoms with Crippen molar-refractivity contribution >= 4 is 34.1 Å². The number of ketones is 1. The van der Waals surface area contributed by atoms with Gasteiger partial charge in [-0.1, -0.05) is 23.5 Å². The Morgan fingerprint density at radius 1 is 1.00 bits per heavy atom. The molecule has 0 spiro atoms. The number of carbonyl (C=O) groups excluding carboxylic acids is 3. The fourth-order valence-corrected chi connectivity index (χ4v) is 4.26. The molecule has 33 heavy (non-hydrogen) atoms. The van der Waals surface area contributed by atoms with Crippen LogP contribution in [-0.2, 0) is 9.53 Å². The Hall–Kier alpha value is -4.05. The minimum atomic E-state index is -0.967. The lowest BCUT2D eigenvalue weighted by atomic mass is 9.92. The van der Waals surface area contributed by atoms with Gasteiger partial charge in [-0.15, -0.1) is 10.2 Å². The predicted molar refractivity (Wildman–Crippen MR) is 120 cm³/mol. The molecular formula is C23H19N3O6S. The van der Waals surface area contributed by atoms with Crippen LogP contribution >= 0.6 is 11.3 Å². The highest BCUT2D eigenvalue weighted by Crippen LogP contribution is 2.42. The van der Waals surface area contributed by atoms with Gasteiger partial charge in [0.2, 0.25) is 5.13 Å². The number of ether oxygens (including phenoxy) is 2. The lowest BCUT2D eigenvalue weighted by molar-refractivity contribution is -0.117. The fraction of sp³-hybridized carbons (Fsp3) is 0.174. The number of amides is 1. The number of aromatic nitrogens is 2. The second-order valence-corrected chi connectivity index (χ2v) is 8.27. The normalized spacial score (nSPS) is 15.7. The number of rotatable bonds is 6. The summed E-state index contributed by atoms with van der Waals surface area (Å²) in [4.78, 5) is 39.6. The average molecular weight is 465 g/mol. The summed E-state index contributed by atoms with van der Waals surface area (Å²) in [6.07, 6.45) is 0. The number of nitrogens with zero attached hydrogens (tertiary/aromatic N) is 3. The first-order valence-corrected chi connectivity index (χ1v) is 10.6. The summed E-state index contributed by atoms with van der Waals surface area (Å²) in [6, 6.07) is 11.6. The topological polar surface area (TPSA) is 119 Å². The number of carbonyl (C=O) groups is 3. The molecule has 2 heterocycles. The van der Waals surface area contributed by atoms with E-state index in [0.717, 1.165) is 11.3 Å². The second-order valence-electron chi connectivity index (χ2n) is 7.11. The van der Waals surface area contributed by atoms with E-state index in [-0.39, 0.29) is 16.3 Å². The molecular weight excluding hydrogens is 446 g/mol. The highest BCUT2D eigenvalue weighted by atomic mass is 32.1. The molecule has 1 atom stereocenters. The number of aliphatic hydroxyl groups is 1. The van der Waals surface area contributed by atoms with Crippen LogP contribution in [0.3, 0.4) is 0 Å². The van der Waals surface area contributed by atoms with Crippen LogP contribution in [-0.4, -0.2) is 47.2 Å². The summed E-state index contributed by atoms with van der Waals surface area (Å²) in [5, 5.41) is 19.6. The summed E-state index contributed by atoms with van der Waals surface area (Å²) < 4.78 is 9.86. The molecule has 1 aliphatic rings.